The molecule has 1 nitrogen and oxygen atoms in total. The van der Waals surface area contributed by atoms with E-state index < -0.39 is 0 Å². The first-order valence-electron chi connectivity index (χ1n) is 6.74. The smallest absolute Gasteiger partial charge is 0.0797 e. The van der Waals surface area contributed by atoms with Crippen molar-refractivity contribution in [1.29, 1.82) is 0 Å². The second-order valence-electron chi connectivity index (χ2n) is 4.94. The van der Waals surface area contributed by atoms with Crippen molar-refractivity contribution in [3.8, 4) is 0 Å². The summed E-state index contributed by atoms with van der Waals surface area (Å²) in [6, 6.07) is 19.1. The number of hydrogen-bond donors (Lipinski definition) is 0. The van der Waals surface area contributed by atoms with Gasteiger partial charge in [-0.3, -0.25) is 0 Å². The lowest BCUT2D eigenvalue weighted by Gasteiger charge is -2.16. The molecule has 2 heteroatoms. The summed E-state index contributed by atoms with van der Waals surface area (Å²) >= 11 is 1.95. The summed E-state index contributed by atoms with van der Waals surface area (Å²) in [5.74, 6) is 0. The van der Waals surface area contributed by atoms with Gasteiger partial charge in [-0.05, 0) is 30.5 Å². The van der Waals surface area contributed by atoms with Crippen molar-refractivity contribution < 1.29 is 4.74 Å². The molecule has 0 amide bonds. The Balaban J connectivity index is 1.55. The fourth-order valence-electron chi connectivity index (χ4n) is 2.42. The Morgan fingerprint density at radius 3 is 2.63 bits per heavy atom. The molecule has 0 saturated carbocycles. The zero-order chi connectivity index (χ0) is 13.1. The zero-order valence-corrected chi connectivity index (χ0v) is 11.9. The molecule has 0 radical (unpaired) electrons. The number of ether oxygens (including phenoxy) is 1. The highest BCUT2D eigenvalue weighted by Gasteiger charge is 2.22. The van der Waals surface area contributed by atoms with Gasteiger partial charge in [0, 0.05) is 10.1 Å². The summed E-state index contributed by atoms with van der Waals surface area (Å²) in [5, 5.41) is 0.559. The van der Waals surface area contributed by atoms with Crippen LogP contribution in [-0.2, 0) is 11.2 Å². The van der Waals surface area contributed by atoms with E-state index in [9.17, 15) is 0 Å². The van der Waals surface area contributed by atoms with Crippen molar-refractivity contribution in [1.82, 2.24) is 0 Å². The Kier molecular flexibility index (Phi) is 3.90. The Labute approximate surface area is 119 Å². The fraction of sp³-hybridized carbons (Fsp3) is 0.294. The highest BCUT2D eigenvalue weighted by atomic mass is 32.2. The SMILES string of the molecule is CC(OCC1Cc2ccccc2S1)c1ccccc1. The second kappa shape index (κ2) is 5.81. The van der Waals surface area contributed by atoms with Crippen LogP contribution in [0.5, 0.6) is 0 Å². The first kappa shape index (κ1) is 12.8. The minimum atomic E-state index is 0.172. The molecule has 0 bridgehead atoms. The highest BCUT2D eigenvalue weighted by molar-refractivity contribution is 8.00. The van der Waals surface area contributed by atoms with Gasteiger partial charge in [-0.25, -0.2) is 0 Å². The Bertz CT molecular complexity index is 513. The maximum absolute atomic E-state index is 6.02. The second-order valence-corrected chi connectivity index (χ2v) is 6.28. The van der Waals surface area contributed by atoms with Crippen LogP contribution < -0.4 is 0 Å². The number of fused-ring (bicyclic) bond motifs is 1. The lowest BCUT2D eigenvalue weighted by Crippen LogP contribution is -2.13. The molecule has 98 valence electrons. The zero-order valence-electron chi connectivity index (χ0n) is 11.1. The van der Waals surface area contributed by atoms with Crippen molar-refractivity contribution in [3.63, 3.8) is 0 Å². The summed E-state index contributed by atoms with van der Waals surface area (Å²) in [5.41, 5.74) is 2.72. The molecule has 2 aromatic carbocycles. The molecule has 0 aromatic heterocycles. The lowest BCUT2D eigenvalue weighted by molar-refractivity contribution is 0.0672. The third-order valence-corrected chi connectivity index (χ3v) is 4.80. The van der Waals surface area contributed by atoms with Crippen LogP contribution in [0.3, 0.4) is 0 Å². The molecule has 19 heavy (non-hydrogen) atoms. The van der Waals surface area contributed by atoms with E-state index >= 15 is 0 Å². The third kappa shape index (κ3) is 3.02. The van der Waals surface area contributed by atoms with Crippen LogP contribution in [0.4, 0.5) is 0 Å². The van der Waals surface area contributed by atoms with Crippen LogP contribution in [0.2, 0.25) is 0 Å². The Morgan fingerprint density at radius 2 is 1.84 bits per heavy atom. The lowest BCUT2D eigenvalue weighted by atomic mass is 10.1. The molecule has 0 fully saturated rings. The standard InChI is InChI=1S/C17H18OS/c1-13(14-7-3-2-4-8-14)18-12-16-11-15-9-5-6-10-17(15)19-16/h2-10,13,16H,11-12H2,1H3. The van der Waals surface area contributed by atoms with Gasteiger partial charge in [0.1, 0.15) is 0 Å². The van der Waals surface area contributed by atoms with Crippen LogP contribution in [0.1, 0.15) is 24.2 Å². The molecule has 1 aliphatic rings. The van der Waals surface area contributed by atoms with Crippen LogP contribution in [0, 0.1) is 0 Å². The van der Waals surface area contributed by atoms with Gasteiger partial charge in [0.25, 0.3) is 0 Å². The average molecular weight is 270 g/mol. The fourth-order valence-corrected chi connectivity index (χ4v) is 3.65. The van der Waals surface area contributed by atoms with Gasteiger partial charge >= 0.3 is 0 Å². The maximum atomic E-state index is 6.02. The van der Waals surface area contributed by atoms with Gasteiger partial charge in [0.05, 0.1) is 12.7 Å². The van der Waals surface area contributed by atoms with E-state index in [2.05, 4.69) is 55.5 Å². The van der Waals surface area contributed by atoms with Gasteiger partial charge in [0.15, 0.2) is 0 Å². The van der Waals surface area contributed by atoms with Gasteiger partial charge in [-0.15, -0.1) is 11.8 Å². The van der Waals surface area contributed by atoms with Gasteiger partial charge in [-0.2, -0.15) is 0 Å². The van der Waals surface area contributed by atoms with Crippen molar-refractivity contribution >= 4 is 11.8 Å². The molecule has 2 atom stereocenters. The summed E-state index contributed by atoms with van der Waals surface area (Å²) < 4.78 is 6.02. The quantitative estimate of drug-likeness (QED) is 0.810. The van der Waals surface area contributed by atoms with E-state index in [0.29, 0.717) is 5.25 Å². The topological polar surface area (TPSA) is 9.23 Å². The molecule has 1 aliphatic heterocycles. The molecule has 0 spiro atoms. The van der Waals surface area contributed by atoms with E-state index in [0.717, 1.165) is 13.0 Å². The summed E-state index contributed by atoms with van der Waals surface area (Å²) in [6.07, 6.45) is 1.30. The molecule has 2 unspecified atom stereocenters. The van der Waals surface area contributed by atoms with Gasteiger partial charge in [-0.1, -0.05) is 48.5 Å². The largest absolute Gasteiger partial charge is 0.373 e. The van der Waals surface area contributed by atoms with Crippen LogP contribution in [0.15, 0.2) is 59.5 Å². The molecule has 2 aromatic rings. The molecule has 0 N–H and O–H groups in total. The van der Waals surface area contributed by atoms with Crippen LogP contribution in [0.25, 0.3) is 0 Å². The summed E-state index contributed by atoms with van der Waals surface area (Å²) in [7, 11) is 0. The van der Waals surface area contributed by atoms with Crippen LogP contribution >= 0.6 is 11.8 Å². The molecule has 3 rings (SSSR count). The maximum Gasteiger partial charge on any atom is 0.0797 e. The van der Waals surface area contributed by atoms with E-state index in [4.69, 9.17) is 4.74 Å². The number of thioether (sulfide) groups is 1. The van der Waals surface area contributed by atoms with Crippen molar-refractivity contribution in [2.45, 2.75) is 29.6 Å². The first-order chi connectivity index (χ1) is 9.33. The molecule has 0 saturated heterocycles. The average Bonchev–Trinajstić information content (AvgIpc) is 2.88. The first-order valence-corrected chi connectivity index (χ1v) is 7.62. The Morgan fingerprint density at radius 1 is 1.11 bits per heavy atom. The minimum absolute atomic E-state index is 0.172. The van der Waals surface area contributed by atoms with E-state index in [1.54, 1.807) is 0 Å². The number of hydrogen-bond acceptors (Lipinski definition) is 2. The minimum Gasteiger partial charge on any atom is -0.373 e. The van der Waals surface area contributed by atoms with Gasteiger partial charge < -0.3 is 4.74 Å². The predicted octanol–water partition coefficient (Wildman–Crippen LogP) is 4.48. The summed E-state index contributed by atoms with van der Waals surface area (Å²) in [6.45, 7) is 2.94. The van der Waals surface area contributed by atoms with Crippen LogP contribution in [-0.4, -0.2) is 11.9 Å². The van der Waals surface area contributed by atoms with E-state index in [1.807, 2.05) is 17.8 Å². The molecular formula is C17H18OS. The Hall–Kier alpha value is -1.25. The molecule has 1 heterocycles. The molecule has 0 aliphatic carbocycles. The normalized spacial score (nSPS) is 19.1. The van der Waals surface area contributed by atoms with E-state index in [1.165, 1.54) is 16.0 Å². The highest BCUT2D eigenvalue weighted by Crippen LogP contribution is 2.37. The van der Waals surface area contributed by atoms with E-state index in [-0.39, 0.29) is 6.10 Å². The van der Waals surface area contributed by atoms with Crippen molar-refractivity contribution in [2.24, 2.45) is 0 Å². The number of benzene rings is 2. The van der Waals surface area contributed by atoms with Crippen molar-refractivity contribution in [3.05, 3.63) is 65.7 Å². The number of rotatable bonds is 4. The van der Waals surface area contributed by atoms with Gasteiger partial charge in [0.2, 0.25) is 0 Å². The van der Waals surface area contributed by atoms with Crippen molar-refractivity contribution in [2.75, 3.05) is 6.61 Å². The predicted molar refractivity (Wildman–Crippen MR) is 80.6 cm³/mol. The third-order valence-electron chi connectivity index (χ3n) is 3.51. The molecular weight excluding hydrogens is 252 g/mol. The monoisotopic (exact) mass is 270 g/mol. The summed E-state index contributed by atoms with van der Waals surface area (Å²) in [4.78, 5) is 1.42.